The molecule has 0 spiro atoms. The smallest absolute Gasteiger partial charge is 0.270 e. The fourth-order valence-corrected chi connectivity index (χ4v) is 2.17. The highest BCUT2D eigenvalue weighted by molar-refractivity contribution is 5.84. The van der Waals surface area contributed by atoms with Crippen molar-refractivity contribution >= 4 is 17.6 Å². The van der Waals surface area contributed by atoms with Crippen molar-refractivity contribution in [2.75, 3.05) is 6.61 Å². The molecule has 2 aromatic rings. The summed E-state index contributed by atoms with van der Waals surface area (Å²) in [4.78, 5) is 24.1. The van der Waals surface area contributed by atoms with E-state index in [0.717, 1.165) is 24.4 Å². The molecule has 0 saturated heterocycles. The number of nitro groups is 2. The van der Waals surface area contributed by atoms with Gasteiger partial charge in [0.2, 0.25) is 0 Å². The Bertz CT molecular complexity index is 836. The van der Waals surface area contributed by atoms with Crippen molar-refractivity contribution in [1.82, 2.24) is 0 Å². The summed E-state index contributed by atoms with van der Waals surface area (Å²) in [5.74, 6) is -0.499. The summed E-state index contributed by atoms with van der Waals surface area (Å²) in [7, 11) is 0. The van der Waals surface area contributed by atoms with Crippen LogP contribution in [0, 0.1) is 20.2 Å². The lowest BCUT2D eigenvalue weighted by Gasteiger charge is -2.18. The van der Waals surface area contributed by atoms with Crippen LogP contribution in [0.5, 0.6) is 5.75 Å². The molecule has 0 heterocycles. The standard InChI is InChI=1S/C16H15N3O7/c20-9-14(16(22)10-1-3-12(4-2-10)18(23)24)17-8-11-7-13(19(25)26)5-6-15(11)21/h1-8,14,16,20-22H,9H2/p-1/t14-,16-/m1/s1. The highest BCUT2D eigenvalue weighted by Crippen LogP contribution is 2.23. The van der Waals surface area contributed by atoms with Gasteiger partial charge in [-0.15, -0.1) is 0 Å². The number of rotatable bonds is 7. The fourth-order valence-electron chi connectivity index (χ4n) is 2.17. The van der Waals surface area contributed by atoms with Gasteiger partial charge in [-0.25, -0.2) is 0 Å². The van der Waals surface area contributed by atoms with Gasteiger partial charge in [0.1, 0.15) is 12.1 Å². The van der Waals surface area contributed by atoms with E-state index in [1.54, 1.807) is 0 Å². The summed E-state index contributed by atoms with van der Waals surface area (Å²) in [5.41, 5.74) is -0.221. The maximum absolute atomic E-state index is 11.7. The Balaban J connectivity index is 2.22. The first-order chi connectivity index (χ1) is 12.3. The molecule has 0 aliphatic heterocycles. The molecule has 0 aromatic heterocycles. The molecule has 26 heavy (non-hydrogen) atoms. The van der Waals surface area contributed by atoms with Crippen LogP contribution in [0.4, 0.5) is 11.4 Å². The van der Waals surface area contributed by atoms with Gasteiger partial charge < -0.3 is 15.3 Å². The Morgan fingerprint density at radius 3 is 2.15 bits per heavy atom. The number of nitro benzene ring substituents is 2. The molecule has 2 aromatic carbocycles. The van der Waals surface area contributed by atoms with Crippen LogP contribution in [-0.4, -0.2) is 38.9 Å². The van der Waals surface area contributed by atoms with Gasteiger partial charge in [0, 0.05) is 30.5 Å². The van der Waals surface area contributed by atoms with Crippen LogP contribution in [-0.2, 0) is 0 Å². The van der Waals surface area contributed by atoms with E-state index in [-0.39, 0.29) is 22.5 Å². The molecular formula is C16H14N3O7-. The largest absolute Gasteiger partial charge is 0.872 e. The maximum Gasteiger partial charge on any atom is 0.270 e. The molecule has 136 valence electrons. The lowest BCUT2D eigenvalue weighted by Crippen LogP contribution is -2.21. The van der Waals surface area contributed by atoms with Gasteiger partial charge >= 0.3 is 0 Å². The molecule has 0 radical (unpaired) electrons. The van der Waals surface area contributed by atoms with Crippen LogP contribution in [0.15, 0.2) is 47.5 Å². The molecule has 0 fully saturated rings. The van der Waals surface area contributed by atoms with Crippen LogP contribution >= 0.6 is 0 Å². The Hall–Kier alpha value is -3.37. The molecular weight excluding hydrogens is 346 g/mol. The minimum absolute atomic E-state index is 0.0615. The number of non-ortho nitro benzene ring substituents is 2. The second-order valence-electron chi connectivity index (χ2n) is 5.30. The Labute approximate surface area is 147 Å². The van der Waals surface area contributed by atoms with Crippen molar-refractivity contribution in [2.45, 2.75) is 12.1 Å². The molecule has 0 saturated carbocycles. The number of hydrogen-bond acceptors (Lipinski definition) is 8. The van der Waals surface area contributed by atoms with E-state index in [0.29, 0.717) is 0 Å². The van der Waals surface area contributed by atoms with Crippen LogP contribution in [0.3, 0.4) is 0 Å². The summed E-state index contributed by atoms with van der Waals surface area (Å²) in [6.07, 6.45) is -0.240. The molecule has 2 N–H and O–H groups in total. The summed E-state index contributed by atoms with van der Waals surface area (Å²) in [6.45, 7) is -0.572. The molecule has 2 atom stereocenters. The molecule has 0 unspecified atom stereocenters. The quantitative estimate of drug-likeness (QED) is 0.424. The summed E-state index contributed by atoms with van der Waals surface area (Å²) < 4.78 is 0. The van der Waals surface area contributed by atoms with Crippen molar-refractivity contribution in [3.8, 4) is 5.75 Å². The van der Waals surface area contributed by atoms with Gasteiger partial charge in [-0.1, -0.05) is 11.8 Å². The second kappa shape index (κ2) is 8.14. The highest BCUT2D eigenvalue weighted by atomic mass is 16.6. The Kier molecular flexibility index (Phi) is 5.94. The van der Waals surface area contributed by atoms with Crippen molar-refractivity contribution in [3.63, 3.8) is 0 Å². The third-order valence-corrected chi connectivity index (χ3v) is 3.61. The lowest BCUT2D eigenvalue weighted by atomic mass is 10.0. The predicted molar refractivity (Wildman–Crippen MR) is 89.1 cm³/mol. The predicted octanol–water partition coefficient (Wildman–Crippen LogP) is 1.09. The third-order valence-electron chi connectivity index (χ3n) is 3.61. The minimum atomic E-state index is -1.29. The maximum atomic E-state index is 11.7. The fraction of sp³-hybridized carbons (Fsp3) is 0.188. The number of aliphatic hydroxyl groups is 2. The average molecular weight is 360 g/mol. The van der Waals surface area contributed by atoms with Crippen molar-refractivity contribution in [2.24, 2.45) is 4.99 Å². The number of aliphatic imine (C=N–C) groups is 1. The molecule has 0 bridgehead atoms. The first-order valence-corrected chi connectivity index (χ1v) is 7.35. The van der Waals surface area contributed by atoms with E-state index in [1.165, 1.54) is 24.3 Å². The van der Waals surface area contributed by atoms with Gasteiger partial charge in [0.05, 0.1) is 16.5 Å². The van der Waals surface area contributed by atoms with E-state index in [1.807, 2.05) is 0 Å². The molecule has 0 aliphatic rings. The SMILES string of the molecule is O=[N+]([O-])c1ccc([C@@H](O)[C@@H](CO)N=Cc2cc([N+](=O)[O-])ccc2[O-])cc1. The topological polar surface area (TPSA) is 162 Å². The zero-order chi connectivity index (χ0) is 19.3. The molecule has 0 aliphatic carbocycles. The third kappa shape index (κ3) is 4.37. The number of hydrogen-bond donors (Lipinski definition) is 2. The van der Waals surface area contributed by atoms with Crippen LogP contribution in [0.1, 0.15) is 17.2 Å². The van der Waals surface area contributed by atoms with E-state index < -0.39 is 34.3 Å². The molecule has 10 heteroatoms. The molecule has 0 amide bonds. The summed E-state index contributed by atoms with van der Waals surface area (Å²) in [5, 5.41) is 52.8. The van der Waals surface area contributed by atoms with Gasteiger partial charge in [-0.05, 0) is 23.3 Å². The van der Waals surface area contributed by atoms with Gasteiger partial charge in [-0.2, -0.15) is 0 Å². The normalized spacial score (nSPS) is 13.5. The second-order valence-corrected chi connectivity index (χ2v) is 5.30. The van der Waals surface area contributed by atoms with E-state index in [9.17, 15) is 35.5 Å². The van der Waals surface area contributed by atoms with Gasteiger partial charge in [0.25, 0.3) is 11.4 Å². The van der Waals surface area contributed by atoms with E-state index in [4.69, 9.17) is 0 Å². The monoisotopic (exact) mass is 360 g/mol. The average Bonchev–Trinajstić information content (AvgIpc) is 2.63. The van der Waals surface area contributed by atoms with E-state index in [2.05, 4.69) is 4.99 Å². The summed E-state index contributed by atoms with van der Waals surface area (Å²) >= 11 is 0. The lowest BCUT2D eigenvalue weighted by molar-refractivity contribution is -0.385. The first-order valence-electron chi connectivity index (χ1n) is 7.35. The molecule has 10 nitrogen and oxygen atoms in total. The van der Waals surface area contributed by atoms with Crippen molar-refractivity contribution < 1.29 is 25.2 Å². The van der Waals surface area contributed by atoms with Gasteiger partial charge in [-0.3, -0.25) is 25.2 Å². The zero-order valence-electron chi connectivity index (χ0n) is 13.3. The van der Waals surface area contributed by atoms with Crippen LogP contribution in [0.25, 0.3) is 0 Å². The summed E-state index contributed by atoms with van der Waals surface area (Å²) in [6, 6.07) is 7.13. The number of aliphatic hydroxyl groups excluding tert-OH is 2. The Morgan fingerprint density at radius 1 is 1.04 bits per heavy atom. The van der Waals surface area contributed by atoms with Crippen LogP contribution in [0.2, 0.25) is 0 Å². The number of benzene rings is 2. The van der Waals surface area contributed by atoms with Crippen LogP contribution < -0.4 is 5.11 Å². The highest BCUT2D eigenvalue weighted by Gasteiger charge is 2.20. The zero-order valence-corrected chi connectivity index (χ0v) is 13.3. The first kappa shape index (κ1) is 19.0. The van der Waals surface area contributed by atoms with Gasteiger partial charge in [0.15, 0.2) is 0 Å². The van der Waals surface area contributed by atoms with E-state index >= 15 is 0 Å². The van der Waals surface area contributed by atoms with Crippen molar-refractivity contribution in [1.29, 1.82) is 0 Å². The molecule has 2 rings (SSSR count). The number of nitrogens with zero attached hydrogens (tertiary/aromatic N) is 3. The minimum Gasteiger partial charge on any atom is -0.872 e. The van der Waals surface area contributed by atoms with Crippen molar-refractivity contribution in [3.05, 3.63) is 73.8 Å². The Morgan fingerprint density at radius 2 is 1.62 bits per heavy atom.